The molecule has 0 fully saturated rings. The van der Waals surface area contributed by atoms with Gasteiger partial charge in [-0.1, -0.05) is 27.7 Å². The Morgan fingerprint density at radius 2 is 2.00 bits per heavy atom. The molecule has 5 heteroatoms. The van der Waals surface area contributed by atoms with E-state index < -0.39 is 0 Å². The molecule has 0 saturated heterocycles. The second kappa shape index (κ2) is 7.41. The molecule has 0 radical (unpaired) electrons. The first-order valence-electron chi connectivity index (χ1n) is 7.44. The van der Waals surface area contributed by atoms with Gasteiger partial charge in [-0.15, -0.1) is 0 Å². The maximum absolute atomic E-state index is 12.6. The molecular weight excluding hydrogens is 266 g/mol. The first-order valence-corrected chi connectivity index (χ1v) is 7.44. The van der Waals surface area contributed by atoms with Crippen molar-refractivity contribution in [3.8, 4) is 0 Å². The van der Waals surface area contributed by atoms with Crippen LogP contribution in [0.4, 0.5) is 5.82 Å². The molecule has 0 aliphatic rings. The zero-order valence-electron chi connectivity index (χ0n) is 13.7. The lowest BCUT2D eigenvalue weighted by atomic mass is 9.90. The molecule has 0 spiro atoms. The molecule has 5 nitrogen and oxygen atoms in total. The Balaban J connectivity index is 3.18. The predicted molar refractivity (Wildman–Crippen MR) is 85.8 cm³/mol. The summed E-state index contributed by atoms with van der Waals surface area (Å²) in [4.78, 5) is 18.8. The number of aromatic nitrogens is 1. The van der Waals surface area contributed by atoms with Gasteiger partial charge in [-0.25, -0.2) is 4.98 Å². The van der Waals surface area contributed by atoms with Gasteiger partial charge in [0.2, 0.25) is 0 Å². The summed E-state index contributed by atoms with van der Waals surface area (Å²) in [6, 6.07) is 3.61. The molecular formula is C16H27N3O2. The van der Waals surface area contributed by atoms with E-state index in [2.05, 4.69) is 31.1 Å². The highest BCUT2D eigenvalue weighted by molar-refractivity contribution is 5.95. The first kappa shape index (κ1) is 17.4. The summed E-state index contributed by atoms with van der Waals surface area (Å²) in [6.07, 6.45) is 0.863. The molecule has 0 bridgehead atoms. The molecule has 0 atom stereocenters. The topological polar surface area (TPSA) is 65.5 Å². The fourth-order valence-electron chi connectivity index (χ4n) is 2.05. The zero-order chi connectivity index (χ0) is 16.0. The van der Waals surface area contributed by atoms with Gasteiger partial charge in [0.05, 0.1) is 6.61 Å². The van der Waals surface area contributed by atoms with E-state index in [4.69, 9.17) is 5.11 Å². The van der Waals surface area contributed by atoms with E-state index in [-0.39, 0.29) is 17.9 Å². The van der Waals surface area contributed by atoms with Crippen LogP contribution >= 0.6 is 0 Å². The maximum atomic E-state index is 12.6. The van der Waals surface area contributed by atoms with Crippen LogP contribution in [0.25, 0.3) is 0 Å². The highest BCUT2D eigenvalue weighted by Gasteiger charge is 2.21. The van der Waals surface area contributed by atoms with Gasteiger partial charge in [-0.3, -0.25) is 4.79 Å². The highest BCUT2D eigenvalue weighted by Crippen LogP contribution is 2.24. The third kappa shape index (κ3) is 4.70. The van der Waals surface area contributed by atoms with E-state index in [9.17, 15) is 4.79 Å². The molecule has 0 aliphatic carbocycles. The maximum Gasteiger partial charge on any atom is 0.254 e. The molecule has 118 valence electrons. The average molecular weight is 293 g/mol. The van der Waals surface area contributed by atoms with E-state index in [0.717, 1.165) is 12.1 Å². The Hall–Kier alpha value is -1.62. The summed E-state index contributed by atoms with van der Waals surface area (Å²) in [5.41, 5.74) is 1.35. The summed E-state index contributed by atoms with van der Waals surface area (Å²) in [6.45, 7) is 9.20. The Labute approximate surface area is 127 Å². The molecule has 2 N–H and O–H groups in total. The van der Waals surface area contributed by atoms with Crippen molar-refractivity contribution in [3.63, 3.8) is 0 Å². The number of carbonyl (C=O) groups excluding carboxylic acids is 1. The molecule has 1 aromatic heterocycles. The number of hydrogen-bond acceptors (Lipinski definition) is 4. The van der Waals surface area contributed by atoms with Crippen LogP contribution in [-0.4, -0.2) is 47.6 Å². The van der Waals surface area contributed by atoms with Crippen LogP contribution < -0.4 is 5.32 Å². The van der Waals surface area contributed by atoms with E-state index in [1.165, 1.54) is 0 Å². The number of amides is 1. The van der Waals surface area contributed by atoms with Crippen molar-refractivity contribution in [2.24, 2.45) is 0 Å². The second-order valence-corrected chi connectivity index (χ2v) is 6.14. The van der Waals surface area contributed by atoms with Crippen LogP contribution in [0.5, 0.6) is 0 Å². The average Bonchev–Trinajstić information content (AvgIpc) is 2.44. The number of nitrogens with zero attached hydrogens (tertiary/aromatic N) is 2. The lowest BCUT2D eigenvalue weighted by Gasteiger charge is -2.23. The number of aliphatic hydroxyl groups excluding tert-OH is 1. The number of rotatable bonds is 6. The standard InChI is InChI=1S/C16H27N3O2/c1-6-7-19(8-9-20)15(21)12-10-13(16(2,3)4)18-14(11-12)17-5/h10-11,20H,6-9H2,1-5H3,(H,17,18). The summed E-state index contributed by atoms with van der Waals surface area (Å²) in [5.74, 6) is 0.626. The minimum absolute atomic E-state index is 0.0260. The van der Waals surface area contributed by atoms with Crippen molar-refractivity contribution in [2.75, 3.05) is 32.1 Å². The smallest absolute Gasteiger partial charge is 0.254 e. The van der Waals surface area contributed by atoms with Gasteiger partial charge < -0.3 is 15.3 Å². The Morgan fingerprint density at radius 1 is 1.33 bits per heavy atom. The fraction of sp³-hybridized carbons (Fsp3) is 0.625. The van der Waals surface area contributed by atoms with Crippen molar-refractivity contribution >= 4 is 11.7 Å². The predicted octanol–water partition coefficient (Wildman–Crippen LogP) is 2.27. The molecule has 21 heavy (non-hydrogen) atoms. The quantitative estimate of drug-likeness (QED) is 0.844. The third-order valence-electron chi connectivity index (χ3n) is 3.25. The Morgan fingerprint density at radius 3 is 2.48 bits per heavy atom. The molecule has 0 saturated carbocycles. The normalized spacial score (nSPS) is 11.3. The second-order valence-electron chi connectivity index (χ2n) is 6.14. The largest absolute Gasteiger partial charge is 0.395 e. The molecule has 0 unspecified atom stereocenters. The van der Waals surface area contributed by atoms with Crippen LogP contribution in [0.1, 0.15) is 50.2 Å². The fourth-order valence-corrected chi connectivity index (χ4v) is 2.05. The number of hydrogen-bond donors (Lipinski definition) is 2. The summed E-state index contributed by atoms with van der Waals surface area (Å²) in [7, 11) is 1.79. The zero-order valence-corrected chi connectivity index (χ0v) is 13.7. The van der Waals surface area contributed by atoms with E-state index >= 15 is 0 Å². The van der Waals surface area contributed by atoms with Gasteiger partial charge in [0, 0.05) is 36.8 Å². The van der Waals surface area contributed by atoms with Crippen LogP contribution in [0.15, 0.2) is 12.1 Å². The number of carbonyl (C=O) groups is 1. The van der Waals surface area contributed by atoms with E-state index in [0.29, 0.717) is 24.5 Å². The summed E-state index contributed by atoms with van der Waals surface area (Å²) >= 11 is 0. The molecule has 1 rings (SSSR count). The van der Waals surface area contributed by atoms with Crippen molar-refractivity contribution in [3.05, 3.63) is 23.4 Å². The highest BCUT2D eigenvalue weighted by atomic mass is 16.3. The number of pyridine rings is 1. The molecule has 1 aromatic rings. The van der Waals surface area contributed by atoms with Crippen molar-refractivity contribution in [2.45, 2.75) is 39.5 Å². The van der Waals surface area contributed by atoms with Crippen molar-refractivity contribution < 1.29 is 9.90 Å². The van der Waals surface area contributed by atoms with Gasteiger partial charge in [-0.05, 0) is 18.6 Å². The van der Waals surface area contributed by atoms with E-state index in [1.807, 2.05) is 13.0 Å². The lowest BCUT2D eigenvalue weighted by molar-refractivity contribution is 0.0721. The molecule has 0 aliphatic heterocycles. The van der Waals surface area contributed by atoms with Crippen molar-refractivity contribution in [1.82, 2.24) is 9.88 Å². The van der Waals surface area contributed by atoms with Crippen molar-refractivity contribution in [1.29, 1.82) is 0 Å². The number of nitrogens with one attached hydrogen (secondary N) is 1. The minimum atomic E-state index is -0.131. The van der Waals surface area contributed by atoms with Gasteiger partial charge in [0.15, 0.2) is 0 Å². The lowest BCUT2D eigenvalue weighted by Crippen LogP contribution is -2.34. The summed E-state index contributed by atoms with van der Waals surface area (Å²) < 4.78 is 0. The molecule has 0 aromatic carbocycles. The van der Waals surface area contributed by atoms with Gasteiger partial charge in [-0.2, -0.15) is 0 Å². The van der Waals surface area contributed by atoms with Crippen LogP contribution in [0.3, 0.4) is 0 Å². The van der Waals surface area contributed by atoms with Gasteiger partial charge >= 0.3 is 0 Å². The minimum Gasteiger partial charge on any atom is -0.395 e. The number of aliphatic hydroxyl groups is 1. The van der Waals surface area contributed by atoms with Crippen LogP contribution in [0, 0.1) is 0 Å². The van der Waals surface area contributed by atoms with Gasteiger partial charge in [0.25, 0.3) is 5.91 Å². The van der Waals surface area contributed by atoms with Gasteiger partial charge in [0.1, 0.15) is 5.82 Å². The Kier molecular flexibility index (Phi) is 6.15. The number of anilines is 1. The Bertz CT molecular complexity index is 475. The third-order valence-corrected chi connectivity index (χ3v) is 3.25. The van der Waals surface area contributed by atoms with E-state index in [1.54, 1.807) is 18.0 Å². The summed E-state index contributed by atoms with van der Waals surface area (Å²) in [5, 5.41) is 12.1. The molecule has 1 amide bonds. The SMILES string of the molecule is CCCN(CCO)C(=O)c1cc(NC)nc(C(C)(C)C)c1. The first-order chi connectivity index (χ1) is 9.83. The van der Waals surface area contributed by atoms with Crippen LogP contribution in [0.2, 0.25) is 0 Å². The monoisotopic (exact) mass is 293 g/mol. The van der Waals surface area contributed by atoms with Crippen LogP contribution in [-0.2, 0) is 5.41 Å². The molecule has 1 heterocycles.